The number of hydrogen-bond donors (Lipinski definition) is 1. The number of aliphatic hydroxyl groups is 1. The van der Waals surface area contributed by atoms with Gasteiger partial charge in [0.1, 0.15) is 0 Å². The van der Waals surface area contributed by atoms with Crippen molar-refractivity contribution < 1.29 is 14.6 Å². The molecule has 1 saturated heterocycles. The van der Waals surface area contributed by atoms with E-state index in [9.17, 15) is 5.11 Å². The van der Waals surface area contributed by atoms with Gasteiger partial charge in [-0.05, 0) is 24.7 Å². The lowest BCUT2D eigenvalue weighted by Crippen LogP contribution is -2.51. The topological polar surface area (TPSA) is 38.7 Å². The zero-order chi connectivity index (χ0) is 12.9. The second-order valence-electron chi connectivity index (χ2n) is 6.70. The van der Waals surface area contributed by atoms with Crippen LogP contribution in [0.3, 0.4) is 0 Å². The summed E-state index contributed by atoms with van der Waals surface area (Å²) in [5, 5.41) is 10.3. The van der Waals surface area contributed by atoms with Gasteiger partial charge in [-0.25, -0.2) is 0 Å². The molecule has 18 heavy (non-hydrogen) atoms. The van der Waals surface area contributed by atoms with Crippen molar-refractivity contribution in [1.82, 2.24) is 0 Å². The second kappa shape index (κ2) is 4.46. The van der Waals surface area contributed by atoms with Crippen LogP contribution in [0.5, 0.6) is 0 Å². The molecule has 0 aromatic carbocycles. The molecule has 3 unspecified atom stereocenters. The van der Waals surface area contributed by atoms with Crippen LogP contribution < -0.4 is 0 Å². The van der Waals surface area contributed by atoms with Crippen molar-refractivity contribution >= 4 is 0 Å². The van der Waals surface area contributed by atoms with Crippen LogP contribution in [0.4, 0.5) is 0 Å². The lowest BCUT2D eigenvalue weighted by Gasteiger charge is -2.42. The first-order valence-corrected chi connectivity index (χ1v) is 7.58. The van der Waals surface area contributed by atoms with Gasteiger partial charge in [0.15, 0.2) is 5.79 Å². The van der Waals surface area contributed by atoms with E-state index in [0.29, 0.717) is 11.8 Å². The predicted molar refractivity (Wildman–Crippen MR) is 69.1 cm³/mol. The molecule has 0 aromatic rings. The summed E-state index contributed by atoms with van der Waals surface area (Å²) in [5.74, 6) is 0.536. The molecule has 2 saturated carbocycles. The third kappa shape index (κ3) is 1.83. The van der Waals surface area contributed by atoms with Crippen LogP contribution in [0, 0.1) is 17.8 Å². The summed E-state index contributed by atoms with van der Waals surface area (Å²) in [7, 11) is 0. The van der Waals surface area contributed by atoms with Crippen molar-refractivity contribution in [2.24, 2.45) is 17.8 Å². The minimum Gasteiger partial charge on any atom is -0.392 e. The fraction of sp³-hybridized carbons (Fsp3) is 1.00. The van der Waals surface area contributed by atoms with E-state index in [1.807, 2.05) is 0 Å². The molecule has 6 atom stereocenters. The van der Waals surface area contributed by atoms with Gasteiger partial charge in [0.2, 0.25) is 0 Å². The molecule has 0 bridgehead atoms. The van der Waals surface area contributed by atoms with Gasteiger partial charge >= 0.3 is 0 Å². The monoisotopic (exact) mass is 254 g/mol. The summed E-state index contributed by atoms with van der Waals surface area (Å²) >= 11 is 0. The van der Waals surface area contributed by atoms with Gasteiger partial charge < -0.3 is 14.6 Å². The average molecular weight is 254 g/mol. The molecule has 3 nitrogen and oxygen atoms in total. The van der Waals surface area contributed by atoms with E-state index in [4.69, 9.17) is 9.47 Å². The average Bonchev–Trinajstić information content (AvgIpc) is 2.74. The summed E-state index contributed by atoms with van der Waals surface area (Å²) in [6.07, 6.45) is 5.78. The lowest BCUT2D eigenvalue weighted by molar-refractivity contribution is -0.198. The third-order valence-corrected chi connectivity index (χ3v) is 5.58. The summed E-state index contributed by atoms with van der Waals surface area (Å²) in [5.41, 5.74) is 0. The van der Waals surface area contributed by atoms with Crippen LogP contribution in [0.2, 0.25) is 0 Å². The highest BCUT2D eigenvalue weighted by Crippen LogP contribution is 2.49. The molecule has 1 heterocycles. The van der Waals surface area contributed by atoms with Gasteiger partial charge in [-0.1, -0.05) is 27.2 Å². The standard InChI is InChI=1S/C15H26O3/c1-9-10(2)13-14(11(3)12(9)16)18-15(17-13)7-5-4-6-8-15/h9-14,16H,4-8H2,1-3H3/t9-,10?,11-,12?,13?,14-/m1/s1. The van der Waals surface area contributed by atoms with Crippen LogP contribution in [0.15, 0.2) is 0 Å². The summed E-state index contributed by atoms with van der Waals surface area (Å²) in [6, 6.07) is 0. The molecule has 0 radical (unpaired) electrons. The molecular formula is C15H26O3. The van der Waals surface area contributed by atoms with E-state index < -0.39 is 0 Å². The molecule has 1 spiro atoms. The Bertz CT molecular complexity index is 287. The maximum absolute atomic E-state index is 10.3. The number of hydrogen-bond acceptors (Lipinski definition) is 3. The van der Waals surface area contributed by atoms with Gasteiger partial charge in [0.25, 0.3) is 0 Å². The smallest absolute Gasteiger partial charge is 0.169 e. The number of rotatable bonds is 0. The highest BCUT2D eigenvalue weighted by molar-refractivity contribution is 5.00. The van der Waals surface area contributed by atoms with Crippen molar-refractivity contribution in [3.8, 4) is 0 Å². The van der Waals surface area contributed by atoms with Gasteiger partial charge in [-0.2, -0.15) is 0 Å². The first-order valence-electron chi connectivity index (χ1n) is 7.58. The van der Waals surface area contributed by atoms with Crippen molar-refractivity contribution in [3.05, 3.63) is 0 Å². The lowest BCUT2D eigenvalue weighted by atomic mass is 9.71. The second-order valence-corrected chi connectivity index (χ2v) is 6.70. The summed E-state index contributed by atoms with van der Waals surface area (Å²) < 4.78 is 12.7. The normalized spacial score (nSPS) is 51.3. The van der Waals surface area contributed by atoms with Crippen molar-refractivity contribution in [1.29, 1.82) is 0 Å². The van der Waals surface area contributed by atoms with E-state index >= 15 is 0 Å². The highest BCUT2D eigenvalue weighted by atomic mass is 16.8. The van der Waals surface area contributed by atoms with Crippen molar-refractivity contribution in [2.75, 3.05) is 0 Å². The molecule has 3 heteroatoms. The van der Waals surface area contributed by atoms with E-state index in [2.05, 4.69) is 20.8 Å². The predicted octanol–water partition coefficient (Wildman–Crippen LogP) is 2.71. The fourth-order valence-electron chi connectivity index (χ4n) is 4.08. The van der Waals surface area contributed by atoms with E-state index in [-0.39, 0.29) is 30.0 Å². The molecule has 3 fully saturated rings. The maximum atomic E-state index is 10.3. The van der Waals surface area contributed by atoms with Crippen LogP contribution >= 0.6 is 0 Å². The van der Waals surface area contributed by atoms with E-state index in [1.54, 1.807) is 0 Å². The van der Waals surface area contributed by atoms with Crippen molar-refractivity contribution in [2.45, 2.75) is 77.0 Å². The maximum Gasteiger partial charge on any atom is 0.169 e. The van der Waals surface area contributed by atoms with Gasteiger partial charge in [0, 0.05) is 18.8 Å². The Labute approximate surface area is 110 Å². The molecule has 0 amide bonds. The van der Waals surface area contributed by atoms with Gasteiger partial charge in [0.05, 0.1) is 18.3 Å². The Hall–Kier alpha value is -0.120. The summed E-state index contributed by atoms with van der Waals surface area (Å²) in [6.45, 7) is 6.44. The molecule has 0 aromatic heterocycles. The fourth-order valence-corrected chi connectivity index (χ4v) is 4.08. The molecule has 1 aliphatic heterocycles. The van der Waals surface area contributed by atoms with Gasteiger partial charge in [-0.3, -0.25) is 0 Å². The molecule has 3 rings (SSSR count). The minimum absolute atomic E-state index is 0.0873. The Morgan fingerprint density at radius 1 is 0.833 bits per heavy atom. The van der Waals surface area contributed by atoms with Crippen LogP contribution in [0.25, 0.3) is 0 Å². The largest absolute Gasteiger partial charge is 0.392 e. The van der Waals surface area contributed by atoms with Crippen molar-refractivity contribution in [3.63, 3.8) is 0 Å². The SMILES string of the molecule is CC1C2OC3(CCCCC3)O[C@@H]2[C@H](C)C(O)[C@@H]1C. The van der Waals surface area contributed by atoms with Crippen LogP contribution in [0.1, 0.15) is 52.9 Å². The number of ether oxygens (including phenoxy) is 2. The molecule has 2 aliphatic carbocycles. The zero-order valence-electron chi connectivity index (χ0n) is 11.8. The highest BCUT2D eigenvalue weighted by Gasteiger charge is 2.56. The quantitative estimate of drug-likeness (QED) is 0.722. The zero-order valence-corrected chi connectivity index (χ0v) is 11.8. The van der Waals surface area contributed by atoms with Crippen LogP contribution in [-0.2, 0) is 9.47 Å². The molecular weight excluding hydrogens is 228 g/mol. The van der Waals surface area contributed by atoms with E-state index in [0.717, 1.165) is 12.8 Å². The Balaban J connectivity index is 1.82. The first-order chi connectivity index (χ1) is 8.54. The third-order valence-electron chi connectivity index (χ3n) is 5.58. The molecule has 1 N–H and O–H groups in total. The minimum atomic E-state index is -0.320. The summed E-state index contributed by atoms with van der Waals surface area (Å²) in [4.78, 5) is 0. The van der Waals surface area contributed by atoms with Crippen LogP contribution in [-0.4, -0.2) is 29.2 Å². The Morgan fingerprint density at radius 2 is 1.39 bits per heavy atom. The van der Waals surface area contributed by atoms with E-state index in [1.165, 1.54) is 19.3 Å². The molecule has 104 valence electrons. The van der Waals surface area contributed by atoms with Gasteiger partial charge in [-0.15, -0.1) is 0 Å². The first kappa shape index (κ1) is 12.9. The Morgan fingerprint density at radius 3 is 2.00 bits per heavy atom. The number of fused-ring (bicyclic) bond motifs is 1. The Kier molecular flexibility index (Phi) is 3.20. The number of aliphatic hydroxyl groups excluding tert-OH is 1. The molecule has 3 aliphatic rings.